The first-order valence-corrected chi connectivity index (χ1v) is 7.13. The summed E-state index contributed by atoms with van der Waals surface area (Å²) in [6, 6.07) is 4.93. The Morgan fingerprint density at radius 2 is 2.14 bits per heavy atom. The van der Waals surface area contributed by atoms with Gasteiger partial charge in [0.1, 0.15) is 5.75 Å². The Bertz CT molecular complexity index is 498. The van der Waals surface area contributed by atoms with Gasteiger partial charge in [0.05, 0.1) is 18.8 Å². The average Bonchev–Trinajstić information content (AvgIpc) is 2.48. The van der Waals surface area contributed by atoms with Crippen LogP contribution < -0.4 is 15.8 Å². The Labute approximate surface area is 124 Å². The standard InChI is InChI=1S/C15H22N2O4/c1-2-21-13-8-11(7-12(16)9-13)14(19)17-15(10-18)3-5-20-6-4-15/h7-9,18H,2-6,10,16H2,1H3,(H,17,19). The van der Waals surface area contributed by atoms with Crippen molar-refractivity contribution in [2.24, 2.45) is 0 Å². The Morgan fingerprint density at radius 1 is 1.43 bits per heavy atom. The molecule has 6 heteroatoms. The molecule has 1 aromatic rings. The lowest BCUT2D eigenvalue weighted by molar-refractivity contribution is 0.0125. The number of nitrogens with two attached hydrogens (primary N) is 1. The first kappa shape index (κ1) is 15.6. The summed E-state index contributed by atoms with van der Waals surface area (Å²) in [4.78, 5) is 12.4. The van der Waals surface area contributed by atoms with E-state index in [4.69, 9.17) is 15.2 Å². The lowest BCUT2D eigenvalue weighted by Gasteiger charge is -2.36. The molecule has 1 aliphatic heterocycles. The molecule has 0 saturated carbocycles. The van der Waals surface area contributed by atoms with Gasteiger partial charge in [-0.05, 0) is 31.9 Å². The van der Waals surface area contributed by atoms with E-state index in [0.29, 0.717) is 49.7 Å². The second kappa shape index (κ2) is 6.78. The third-order valence-electron chi connectivity index (χ3n) is 3.63. The Morgan fingerprint density at radius 3 is 2.76 bits per heavy atom. The normalized spacial score (nSPS) is 17.2. The van der Waals surface area contributed by atoms with E-state index in [2.05, 4.69) is 5.32 Å². The zero-order valence-corrected chi connectivity index (χ0v) is 12.2. The number of amides is 1. The monoisotopic (exact) mass is 294 g/mol. The Kier molecular flexibility index (Phi) is 5.03. The summed E-state index contributed by atoms with van der Waals surface area (Å²) in [6.07, 6.45) is 1.19. The van der Waals surface area contributed by atoms with Crippen LogP contribution in [0, 0.1) is 0 Å². The van der Waals surface area contributed by atoms with Crippen LogP contribution in [0.4, 0.5) is 5.69 Å². The molecule has 1 amide bonds. The minimum absolute atomic E-state index is 0.108. The first-order valence-electron chi connectivity index (χ1n) is 7.13. The van der Waals surface area contributed by atoms with Crippen LogP contribution in [0.5, 0.6) is 5.75 Å². The largest absolute Gasteiger partial charge is 0.494 e. The number of aliphatic hydroxyl groups excluding tert-OH is 1. The van der Waals surface area contributed by atoms with Crippen LogP contribution in [0.1, 0.15) is 30.1 Å². The molecule has 1 aliphatic rings. The SMILES string of the molecule is CCOc1cc(N)cc(C(=O)NC2(CO)CCOCC2)c1. The van der Waals surface area contributed by atoms with Crippen molar-refractivity contribution in [1.29, 1.82) is 0 Å². The van der Waals surface area contributed by atoms with Crippen molar-refractivity contribution in [3.8, 4) is 5.75 Å². The summed E-state index contributed by atoms with van der Waals surface area (Å²) in [7, 11) is 0. The Hall–Kier alpha value is -1.79. The maximum absolute atomic E-state index is 12.4. The van der Waals surface area contributed by atoms with Gasteiger partial charge in [-0.15, -0.1) is 0 Å². The van der Waals surface area contributed by atoms with Crippen molar-refractivity contribution < 1.29 is 19.4 Å². The number of aliphatic hydroxyl groups is 1. The van der Waals surface area contributed by atoms with E-state index in [9.17, 15) is 9.90 Å². The molecule has 0 unspecified atom stereocenters. The maximum Gasteiger partial charge on any atom is 0.252 e. The molecular formula is C15H22N2O4. The summed E-state index contributed by atoms with van der Waals surface area (Å²) in [6.45, 7) is 3.32. The molecule has 0 radical (unpaired) electrons. The molecule has 0 spiro atoms. The number of nitrogen functional groups attached to an aromatic ring is 1. The molecule has 116 valence electrons. The minimum Gasteiger partial charge on any atom is -0.494 e. The highest BCUT2D eigenvalue weighted by Crippen LogP contribution is 2.23. The number of anilines is 1. The number of nitrogens with one attached hydrogen (secondary N) is 1. The van der Waals surface area contributed by atoms with Gasteiger partial charge in [-0.2, -0.15) is 0 Å². The number of hydrogen-bond donors (Lipinski definition) is 3. The van der Waals surface area contributed by atoms with Crippen molar-refractivity contribution in [2.45, 2.75) is 25.3 Å². The molecule has 0 aliphatic carbocycles. The van der Waals surface area contributed by atoms with Crippen LogP contribution in [0.15, 0.2) is 18.2 Å². The molecule has 21 heavy (non-hydrogen) atoms. The molecule has 2 rings (SSSR count). The van der Waals surface area contributed by atoms with Gasteiger partial charge in [0.2, 0.25) is 0 Å². The van der Waals surface area contributed by atoms with Crippen LogP contribution >= 0.6 is 0 Å². The predicted molar refractivity (Wildman–Crippen MR) is 79.4 cm³/mol. The van der Waals surface area contributed by atoms with Gasteiger partial charge in [0, 0.05) is 30.5 Å². The molecule has 1 heterocycles. The summed E-state index contributed by atoms with van der Waals surface area (Å²) >= 11 is 0. The number of ether oxygens (including phenoxy) is 2. The van der Waals surface area contributed by atoms with Gasteiger partial charge in [-0.25, -0.2) is 0 Å². The van der Waals surface area contributed by atoms with E-state index in [1.165, 1.54) is 0 Å². The van der Waals surface area contributed by atoms with Gasteiger partial charge in [0.15, 0.2) is 0 Å². The van der Waals surface area contributed by atoms with Gasteiger partial charge >= 0.3 is 0 Å². The quantitative estimate of drug-likeness (QED) is 0.703. The summed E-state index contributed by atoms with van der Waals surface area (Å²) in [5.41, 5.74) is 6.07. The number of hydrogen-bond acceptors (Lipinski definition) is 5. The summed E-state index contributed by atoms with van der Waals surface area (Å²) < 4.78 is 10.7. The summed E-state index contributed by atoms with van der Waals surface area (Å²) in [5, 5.41) is 12.5. The van der Waals surface area contributed by atoms with Crippen LogP contribution in [-0.2, 0) is 4.74 Å². The number of rotatable bonds is 5. The molecule has 1 aromatic carbocycles. The first-order chi connectivity index (χ1) is 10.1. The maximum atomic E-state index is 12.4. The van der Waals surface area contributed by atoms with Crippen LogP contribution in [0.25, 0.3) is 0 Å². The number of carbonyl (C=O) groups excluding carboxylic acids is 1. The molecule has 0 aromatic heterocycles. The zero-order valence-electron chi connectivity index (χ0n) is 12.2. The third-order valence-corrected chi connectivity index (χ3v) is 3.63. The average molecular weight is 294 g/mol. The molecule has 0 bridgehead atoms. The van der Waals surface area contributed by atoms with Gasteiger partial charge in [0.25, 0.3) is 5.91 Å². The van der Waals surface area contributed by atoms with E-state index in [1.54, 1.807) is 18.2 Å². The highest BCUT2D eigenvalue weighted by atomic mass is 16.5. The summed E-state index contributed by atoms with van der Waals surface area (Å²) in [5.74, 6) is 0.298. The molecule has 6 nitrogen and oxygen atoms in total. The lowest BCUT2D eigenvalue weighted by Crippen LogP contribution is -2.54. The molecule has 0 atom stereocenters. The smallest absolute Gasteiger partial charge is 0.252 e. The fraction of sp³-hybridized carbons (Fsp3) is 0.533. The highest BCUT2D eigenvalue weighted by Gasteiger charge is 2.33. The number of carbonyl (C=O) groups is 1. The molecule has 4 N–H and O–H groups in total. The zero-order chi connectivity index (χ0) is 15.3. The highest BCUT2D eigenvalue weighted by molar-refractivity contribution is 5.96. The fourth-order valence-corrected chi connectivity index (χ4v) is 2.40. The minimum atomic E-state index is -0.619. The van der Waals surface area contributed by atoms with Crippen molar-refractivity contribution in [1.82, 2.24) is 5.32 Å². The van der Waals surface area contributed by atoms with Crippen LogP contribution in [0.3, 0.4) is 0 Å². The second-order valence-electron chi connectivity index (χ2n) is 5.23. The van der Waals surface area contributed by atoms with Crippen LogP contribution in [-0.4, -0.2) is 43.0 Å². The Balaban J connectivity index is 2.15. The van der Waals surface area contributed by atoms with Crippen molar-refractivity contribution >= 4 is 11.6 Å². The van der Waals surface area contributed by atoms with Crippen molar-refractivity contribution in [3.63, 3.8) is 0 Å². The van der Waals surface area contributed by atoms with Crippen molar-refractivity contribution in [2.75, 3.05) is 32.2 Å². The van der Waals surface area contributed by atoms with E-state index in [-0.39, 0.29) is 12.5 Å². The molecule has 1 fully saturated rings. The second-order valence-corrected chi connectivity index (χ2v) is 5.23. The van der Waals surface area contributed by atoms with E-state index in [1.807, 2.05) is 6.92 Å². The van der Waals surface area contributed by atoms with Crippen molar-refractivity contribution in [3.05, 3.63) is 23.8 Å². The topological polar surface area (TPSA) is 93.8 Å². The van der Waals surface area contributed by atoms with E-state index >= 15 is 0 Å². The van der Waals surface area contributed by atoms with E-state index in [0.717, 1.165) is 0 Å². The van der Waals surface area contributed by atoms with Gasteiger partial charge in [-0.1, -0.05) is 0 Å². The van der Waals surface area contributed by atoms with Gasteiger partial charge < -0.3 is 25.6 Å². The molecular weight excluding hydrogens is 272 g/mol. The third kappa shape index (κ3) is 3.86. The predicted octanol–water partition coefficient (Wildman–Crippen LogP) is 0.939. The fourth-order valence-electron chi connectivity index (χ4n) is 2.40. The lowest BCUT2D eigenvalue weighted by atomic mass is 9.90. The van der Waals surface area contributed by atoms with Crippen LogP contribution in [0.2, 0.25) is 0 Å². The number of benzene rings is 1. The molecule has 1 saturated heterocycles. The van der Waals surface area contributed by atoms with E-state index < -0.39 is 5.54 Å². The van der Waals surface area contributed by atoms with Gasteiger partial charge in [-0.3, -0.25) is 4.79 Å².